The molecule has 0 aromatic rings. The van der Waals surface area contributed by atoms with Crippen molar-refractivity contribution >= 4 is 21.8 Å². The third-order valence-electron chi connectivity index (χ3n) is 4.27. The first kappa shape index (κ1) is 15.1. The Balaban J connectivity index is 1.86. The van der Waals surface area contributed by atoms with Gasteiger partial charge >= 0.3 is 12.0 Å². The lowest BCUT2D eigenvalue weighted by Gasteiger charge is -2.37. The van der Waals surface area contributed by atoms with Crippen LogP contribution in [0.15, 0.2) is 0 Å². The van der Waals surface area contributed by atoms with E-state index in [0.29, 0.717) is 19.3 Å². The first-order valence-electron chi connectivity index (χ1n) is 6.66. The van der Waals surface area contributed by atoms with Gasteiger partial charge in [-0.2, -0.15) is 0 Å². The van der Waals surface area contributed by atoms with Gasteiger partial charge in [-0.05, 0) is 26.2 Å². The number of urea groups is 1. The van der Waals surface area contributed by atoms with Crippen LogP contribution in [0.4, 0.5) is 4.79 Å². The summed E-state index contributed by atoms with van der Waals surface area (Å²) in [4.78, 5) is 23.0. The fraction of sp³-hybridized carbons (Fsp3) is 0.833. The molecule has 2 amide bonds. The van der Waals surface area contributed by atoms with Gasteiger partial charge in [0.05, 0.1) is 22.5 Å². The molecule has 1 aliphatic carbocycles. The quantitative estimate of drug-likeness (QED) is 0.683. The van der Waals surface area contributed by atoms with Crippen LogP contribution >= 0.6 is 0 Å². The van der Waals surface area contributed by atoms with Crippen LogP contribution in [0.2, 0.25) is 0 Å². The Morgan fingerprint density at radius 3 is 2.30 bits per heavy atom. The molecule has 1 saturated heterocycles. The van der Waals surface area contributed by atoms with Gasteiger partial charge in [-0.15, -0.1) is 0 Å². The number of carbonyl (C=O) groups excluding carboxylic acids is 1. The minimum atomic E-state index is -3.09. The van der Waals surface area contributed by atoms with Crippen LogP contribution in [0, 0.1) is 5.41 Å². The fourth-order valence-electron chi connectivity index (χ4n) is 2.75. The van der Waals surface area contributed by atoms with E-state index in [1.807, 2.05) is 0 Å². The number of rotatable bonds is 4. The average Bonchev–Trinajstić information content (AvgIpc) is 2.50. The molecule has 1 saturated carbocycles. The normalized spacial score (nSPS) is 30.2. The number of nitrogens with one attached hydrogen (secondary N) is 2. The van der Waals surface area contributed by atoms with Crippen molar-refractivity contribution in [2.45, 2.75) is 38.1 Å². The number of aliphatic carboxylic acids is 1. The van der Waals surface area contributed by atoms with Crippen LogP contribution in [-0.4, -0.2) is 49.1 Å². The van der Waals surface area contributed by atoms with E-state index in [0.717, 1.165) is 6.42 Å². The zero-order valence-corrected chi connectivity index (χ0v) is 12.3. The van der Waals surface area contributed by atoms with E-state index < -0.39 is 32.8 Å². The maximum Gasteiger partial charge on any atom is 0.315 e. The van der Waals surface area contributed by atoms with Crippen LogP contribution in [-0.2, 0) is 14.6 Å². The molecule has 1 aliphatic heterocycles. The molecule has 0 aromatic carbocycles. The molecule has 20 heavy (non-hydrogen) atoms. The van der Waals surface area contributed by atoms with E-state index >= 15 is 0 Å². The minimum Gasteiger partial charge on any atom is -0.481 e. The number of hydrogen-bond donors (Lipinski definition) is 3. The van der Waals surface area contributed by atoms with Gasteiger partial charge in [0, 0.05) is 6.54 Å². The number of carboxylic acids is 1. The molecule has 1 heterocycles. The minimum absolute atomic E-state index is 0.0719. The molecule has 2 fully saturated rings. The molecular formula is C12H20N2O5S. The average molecular weight is 304 g/mol. The largest absolute Gasteiger partial charge is 0.481 e. The van der Waals surface area contributed by atoms with Gasteiger partial charge in [-0.1, -0.05) is 6.42 Å². The highest BCUT2D eigenvalue weighted by molar-refractivity contribution is 7.91. The standard InChI is InChI=1S/C12H20N2O5S/c1-11(5-6-20(18,19)8-11)14-10(17)13-7-12(9(15)16)3-2-4-12/h2-8H2,1H3,(H,15,16)(H2,13,14,17). The summed E-state index contributed by atoms with van der Waals surface area (Å²) in [7, 11) is -3.09. The van der Waals surface area contributed by atoms with Gasteiger partial charge in [-0.25, -0.2) is 13.2 Å². The molecule has 0 bridgehead atoms. The summed E-state index contributed by atoms with van der Waals surface area (Å²) in [5, 5.41) is 14.4. The zero-order chi connectivity index (χ0) is 15.0. The van der Waals surface area contributed by atoms with Gasteiger partial charge < -0.3 is 15.7 Å². The van der Waals surface area contributed by atoms with Crippen molar-refractivity contribution in [3.05, 3.63) is 0 Å². The van der Waals surface area contributed by atoms with Gasteiger partial charge in [0.1, 0.15) is 0 Å². The van der Waals surface area contributed by atoms with E-state index in [1.165, 1.54) is 0 Å². The highest BCUT2D eigenvalue weighted by Crippen LogP contribution is 2.40. The second kappa shape index (κ2) is 4.91. The molecule has 3 N–H and O–H groups in total. The van der Waals surface area contributed by atoms with Gasteiger partial charge in [0.2, 0.25) is 0 Å². The Morgan fingerprint density at radius 2 is 1.90 bits per heavy atom. The molecule has 0 spiro atoms. The lowest BCUT2D eigenvalue weighted by molar-refractivity contribution is -0.153. The molecule has 2 rings (SSSR count). The molecule has 2 aliphatic rings. The second-order valence-corrected chi connectivity index (χ2v) is 8.33. The summed E-state index contributed by atoms with van der Waals surface area (Å²) < 4.78 is 22.9. The van der Waals surface area contributed by atoms with E-state index in [-0.39, 0.29) is 18.1 Å². The monoisotopic (exact) mass is 304 g/mol. The SMILES string of the molecule is CC1(NC(=O)NCC2(C(=O)O)CCC2)CCS(=O)(=O)C1. The summed E-state index contributed by atoms with van der Waals surface area (Å²) in [6.07, 6.45) is 2.36. The van der Waals surface area contributed by atoms with Crippen molar-refractivity contribution in [2.24, 2.45) is 5.41 Å². The fourth-order valence-corrected chi connectivity index (χ4v) is 4.84. The first-order chi connectivity index (χ1) is 9.17. The Labute approximate surface area is 118 Å². The van der Waals surface area contributed by atoms with Crippen molar-refractivity contribution in [1.82, 2.24) is 10.6 Å². The van der Waals surface area contributed by atoms with Crippen LogP contribution < -0.4 is 10.6 Å². The Morgan fingerprint density at radius 1 is 1.25 bits per heavy atom. The summed E-state index contributed by atoms with van der Waals surface area (Å²) in [5.41, 5.74) is -1.61. The summed E-state index contributed by atoms with van der Waals surface area (Å²) >= 11 is 0. The molecular weight excluding hydrogens is 284 g/mol. The maximum atomic E-state index is 11.8. The van der Waals surface area contributed by atoms with Crippen LogP contribution in [0.5, 0.6) is 0 Å². The number of amides is 2. The zero-order valence-electron chi connectivity index (χ0n) is 11.4. The molecule has 0 radical (unpaired) electrons. The van der Waals surface area contributed by atoms with Crippen LogP contribution in [0.3, 0.4) is 0 Å². The van der Waals surface area contributed by atoms with E-state index in [1.54, 1.807) is 6.92 Å². The van der Waals surface area contributed by atoms with Crippen molar-refractivity contribution in [2.75, 3.05) is 18.1 Å². The lowest BCUT2D eigenvalue weighted by Crippen LogP contribution is -2.55. The third-order valence-corrected chi connectivity index (χ3v) is 6.17. The number of hydrogen-bond acceptors (Lipinski definition) is 4. The smallest absolute Gasteiger partial charge is 0.315 e. The lowest BCUT2D eigenvalue weighted by atomic mass is 9.69. The van der Waals surface area contributed by atoms with Crippen molar-refractivity contribution in [1.29, 1.82) is 0 Å². The van der Waals surface area contributed by atoms with E-state index in [2.05, 4.69) is 10.6 Å². The third kappa shape index (κ3) is 3.05. The van der Waals surface area contributed by atoms with E-state index in [4.69, 9.17) is 5.11 Å². The van der Waals surface area contributed by atoms with Crippen molar-refractivity contribution in [3.63, 3.8) is 0 Å². The molecule has 7 nitrogen and oxygen atoms in total. The molecule has 114 valence electrons. The van der Waals surface area contributed by atoms with Gasteiger partial charge in [0.15, 0.2) is 9.84 Å². The number of sulfone groups is 1. The predicted molar refractivity (Wildman–Crippen MR) is 72.1 cm³/mol. The Kier molecular flexibility index (Phi) is 3.70. The molecule has 1 atom stereocenters. The van der Waals surface area contributed by atoms with Gasteiger partial charge in [0.25, 0.3) is 0 Å². The number of carbonyl (C=O) groups is 2. The molecule has 1 unspecified atom stereocenters. The molecule has 8 heteroatoms. The summed E-state index contributed by atoms with van der Waals surface area (Å²) in [6, 6.07) is -0.503. The summed E-state index contributed by atoms with van der Waals surface area (Å²) in [5.74, 6) is -0.890. The van der Waals surface area contributed by atoms with Crippen molar-refractivity contribution in [3.8, 4) is 0 Å². The second-order valence-electron chi connectivity index (χ2n) is 6.15. The topological polar surface area (TPSA) is 113 Å². The Hall–Kier alpha value is -1.31. The Bertz CT molecular complexity index is 526. The highest BCUT2D eigenvalue weighted by Gasteiger charge is 2.45. The number of carboxylic acid groups (broad SMARTS) is 1. The molecule has 0 aromatic heterocycles. The highest BCUT2D eigenvalue weighted by atomic mass is 32.2. The van der Waals surface area contributed by atoms with E-state index in [9.17, 15) is 18.0 Å². The summed E-state index contributed by atoms with van der Waals surface area (Å²) in [6.45, 7) is 1.77. The predicted octanol–water partition coefficient (Wildman–Crippen LogP) is 0.118. The first-order valence-corrected chi connectivity index (χ1v) is 8.49. The van der Waals surface area contributed by atoms with Crippen LogP contribution in [0.25, 0.3) is 0 Å². The van der Waals surface area contributed by atoms with Gasteiger partial charge in [-0.3, -0.25) is 4.79 Å². The maximum absolute atomic E-state index is 11.8. The van der Waals surface area contributed by atoms with Crippen molar-refractivity contribution < 1.29 is 23.1 Å². The van der Waals surface area contributed by atoms with Crippen LogP contribution in [0.1, 0.15) is 32.6 Å².